The Bertz CT molecular complexity index is 1500. The molecule has 0 bridgehead atoms. The molecule has 1 saturated heterocycles. The fourth-order valence-corrected chi connectivity index (χ4v) is 5.58. The van der Waals surface area contributed by atoms with Crippen LogP contribution in [-0.4, -0.2) is 64.5 Å². The minimum atomic E-state index is -4.42. The van der Waals surface area contributed by atoms with E-state index in [1.165, 1.54) is 19.1 Å². The first-order chi connectivity index (χ1) is 19.8. The highest BCUT2D eigenvalue weighted by atomic mass is 31.2. The topological polar surface area (TPSA) is 191 Å². The van der Waals surface area contributed by atoms with Crippen molar-refractivity contribution >= 4 is 25.7 Å². The molecule has 0 saturated carbocycles. The van der Waals surface area contributed by atoms with Crippen molar-refractivity contribution in [3.63, 3.8) is 0 Å². The van der Waals surface area contributed by atoms with Gasteiger partial charge in [-0.3, -0.25) is 33.3 Å². The summed E-state index contributed by atoms with van der Waals surface area (Å²) < 4.78 is 47.7. The van der Waals surface area contributed by atoms with Crippen LogP contribution in [0.3, 0.4) is 0 Å². The number of aromatic amines is 1. The Kier molecular flexibility index (Phi) is 10.5. The monoisotopic (exact) mass is 607 g/mol. The molecule has 0 radical (unpaired) electrons. The molecule has 1 aliphatic rings. The molecule has 0 spiro atoms. The van der Waals surface area contributed by atoms with Gasteiger partial charge in [-0.25, -0.2) is 9.36 Å². The third kappa shape index (κ3) is 7.54. The molecule has 2 unspecified atom stereocenters. The number of rotatable bonds is 12. The van der Waals surface area contributed by atoms with Gasteiger partial charge >= 0.3 is 31.3 Å². The van der Waals surface area contributed by atoms with E-state index in [0.29, 0.717) is 0 Å². The fourth-order valence-electron chi connectivity index (χ4n) is 4.08. The lowest BCUT2D eigenvalue weighted by atomic mass is 9.94. The minimum Gasteiger partial charge on any atom is -0.465 e. The Balaban J connectivity index is 2.03. The first kappa shape index (κ1) is 32.3. The summed E-state index contributed by atoms with van der Waals surface area (Å²) in [6, 6.07) is 7.72. The van der Waals surface area contributed by atoms with Crippen LogP contribution in [0.5, 0.6) is 5.75 Å². The van der Waals surface area contributed by atoms with Gasteiger partial charge in [-0.05, 0) is 26.0 Å². The summed E-state index contributed by atoms with van der Waals surface area (Å²) in [7, 11) is -4.42. The normalized spacial score (nSPS) is 23.5. The molecular formula is C26H30N3O12P. The number of nitrogens with zero attached hydrogens (tertiary/aromatic N) is 1. The second-order valence-electron chi connectivity index (χ2n) is 8.91. The van der Waals surface area contributed by atoms with E-state index in [2.05, 4.69) is 11.0 Å². The van der Waals surface area contributed by atoms with Crippen LogP contribution < -0.4 is 20.9 Å². The lowest BCUT2D eigenvalue weighted by Gasteiger charge is -2.33. The van der Waals surface area contributed by atoms with Gasteiger partial charge in [-0.15, -0.1) is 6.42 Å². The number of aromatic nitrogens is 2. The standard InChI is InChI=1S/C26H30N3O12P/c1-6-26(40-18(5)31)22(38-17(4)30)20(39-24(26)29-14-13-21(32)27-25(29)34)15-37-42(35,28-16(3)23(33)36-7-2)41-19-11-9-8-10-12-19/h1,8-14,16,20,22,24H,7,15H2,2-5H3,(H,28,35)(H,27,32,34)/t16-,20?,22+,24+,26+,42?/m0/s1. The van der Waals surface area contributed by atoms with Gasteiger partial charge in [0.1, 0.15) is 17.9 Å². The molecule has 3 rings (SSSR count). The first-order valence-electron chi connectivity index (χ1n) is 12.6. The Morgan fingerprint density at radius 2 is 1.88 bits per heavy atom. The molecule has 1 aromatic carbocycles. The molecule has 0 aliphatic carbocycles. The number of carbonyl (C=O) groups is 3. The van der Waals surface area contributed by atoms with Crippen molar-refractivity contribution in [3.05, 3.63) is 63.4 Å². The number of nitrogens with one attached hydrogen (secondary N) is 2. The average Bonchev–Trinajstić information content (AvgIpc) is 3.20. The Labute approximate surface area is 240 Å². The number of terminal acetylenes is 1. The van der Waals surface area contributed by atoms with E-state index in [9.17, 15) is 28.5 Å². The Morgan fingerprint density at radius 1 is 1.19 bits per heavy atom. The molecule has 2 aromatic rings. The lowest BCUT2D eigenvalue weighted by molar-refractivity contribution is -0.176. The maximum absolute atomic E-state index is 13.9. The predicted octanol–water partition coefficient (Wildman–Crippen LogP) is 1.05. The van der Waals surface area contributed by atoms with E-state index in [1.807, 2.05) is 4.98 Å². The molecule has 42 heavy (non-hydrogen) atoms. The smallest absolute Gasteiger partial charge is 0.459 e. The van der Waals surface area contributed by atoms with Crippen LogP contribution in [0.4, 0.5) is 0 Å². The third-order valence-corrected chi connectivity index (χ3v) is 7.38. The summed E-state index contributed by atoms with van der Waals surface area (Å²) in [5.41, 5.74) is -3.96. The van der Waals surface area contributed by atoms with E-state index in [-0.39, 0.29) is 12.4 Å². The van der Waals surface area contributed by atoms with Gasteiger partial charge in [0.25, 0.3) is 11.2 Å². The largest absolute Gasteiger partial charge is 0.465 e. The van der Waals surface area contributed by atoms with Gasteiger partial charge in [0, 0.05) is 26.1 Å². The number of ether oxygens (including phenoxy) is 4. The zero-order valence-corrected chi connectivity index (χ0v) is 24.0. The number of H-pyrrole nitrogens is 1. The van der Waals surface area contributed by atoms with Crippen LogP contribution in [0.15, 0.2) is 52.2 Å². The van der Waals surface area contributed by atoms with Crippen molar-refractivity contribution in [2.45, 2.75) is 57.8 Å². The van der Waals surface area contributed by atoms with E-state index < -0.39 is 73.6 Å². The maximum atomic E-state index is 13.9. The zero-order valence-electron chi connectivity index (χ0n) is 23.1. The Morgan fingerprint density at radius 3 is 2.45 bits per heavy atom. The predicted molar refractivity (Wildman–Crippen MR) is 144 cm³/mol. The van der Waals surface area contributed by atoms with Crippen molar-refractivity contribution in [3.8, 4) is 18.1 Å². The molecule has 0 amide bonds. The van der Waals surface area contributed by atoms with Gasteiger partial charge in [-0.1, -0.05) is 24.1 Å². The van der Waals surface area contributed by atoms with Gasteiger partial charge in [0.05, 0.1) is 13.2 Å². The molecule has 1 fully saturated rings. The van der Waals surface area contributed by atoms with E-state index in [0.717, 1.165) is 30.7 Å². The van der Waals surface area contributed by atoms with Gasteiger partial charge < -0.3 is 23.5 Å². The average molecular weight is 608 g/mol. The number of hydrogen-bond donors (Lipinski definition) is 2. The van der Waals surface area contributed by atoms with Crippen LogP contribution in [0.1, 0.15) is 33.9 Å². The summed E-state index contributed by atoms with van der Waals surface area (Å²) >= 11 is 0. The number of hydrogen-bond acceptors (Lipinski definition) is 12. The minimum absolute atomic E-state index is 0.0609. The van der Waals surface area contributed by atoms with Crippen LogP contribution in [0, 0.1) is 12.3 Å². The second kappa shape index (κ2) is 13.6. The van der Waals surface area contributed by atoms with E-state index in [4.69, 9.17) is 34.4 Å². The number of carbonyl (C=O) groups excluding carboxylic acids is 3. The molecule has 16 heteroatoms. The summed E-state index contributed by atoms with van der Waals surface area (Å²) in [5, 5.41) is 2.48. The van der Waals surface area contributed by atoms with Crippen molar-refractivity contribution in [2.75, 3.05) is 13.2 Å². The summed E-state index contributed by atoms with van der Waals surface area (Å²) in [5.74, 6) is -0.160. The maximum Gasteiger partial charge on any atom is 0.459 e. The van der Waals surface area contributed by atoms with Gasteiger partial charge in [0.2, 0.25) is 0 Å². The first-order valence-corrected chi connectivity index (χ1v) is 14.1. The fraction of sp³-hybridized carbons (Fsp3) is 0.423. The molecule has 6 atom stereocenters. The van der Waals surface area contributed by atoms with E-state index in [1.54, 1.807) is 25.1 Å². The van der Waals surface area contributed by atoms with E-state index >= 15 is 0 Å². The van der Waals surface area contributed by atoms with Gasteiger partial charge in [-0.2, -0.15) is 5.09 Å². The summed E-state index contributed by atoms with van der Waals surface area (Å²) in [4.78, 5) is 62.9. The second-order valence-corrected chi connectivity index (χ2v) is 10.6. The van der Waals surface area contributed by atoms with Crippen molar-refractivity contribution < 1.29 is 46.9 Å². The molecule has 226 valence electrons. The number of para-hydroxylation sites is 1. The van der Waals surface area contributed by atoms with Crippen LogP contribution in [0.2, 0.25) is 0 Å². The molecular weight excluding hydrogens is 577 g/mol. The van der Waals surface area contributed by atoms with Crippen LogP contribution in [-0.2, 0) is 42.4 Å². The Hall–Kier alpha value is -4.22. The SMILES string of the molecule is C#C[C@@]1(OC(C)=O)[C@H](OC(C)=O)C(COP(=O)(N[C@@H](C)C(=O)OCC)Oc2ccccc2)O[C@H]1n1ccc(=O)[nH]c1=O. The van der Waals surface area contributed by atoms with Crippen molar-refractivity contribution in [2.24, 2.45) is 0 Å². The highest BCUT2D eigenvalue weighted by Gasteiger charge is 2.62. The highest BCUT2D eigenvalue weighted by molar-refractivity contribution is 7.52. The number of esters is 3. The highest BCUT2D eigenvalue weighted by Crippen LogP contribution is 2.48. The molecule has 1 aliphatic heterocycles. The zero-order chi connectivity index (χ0) is 31.1. The van der Waals surface area contributed by atoms with Crippen molar-refractivity contribution in [1.29, 1.82) is 0 Å². The summed E-state index contributed by atoms with van der Waals surface area (Å²) in [6.45, 7) is 4.42. The van der Waals surface area contributed by atoms with Crippen LogP contribution in [0.25, 0.3) is 0 Å². The number of benzene rings is 1. The molecule has 2 N–H and O–H groups in total. The molecule has 2 heterocycles. The lowest BCUT2D eigenvalue weighted by Crippen LogP contribution is -2.52. The van der Waals surface area contributed by atoms with Crippen molar-refractivity contribution in [1.82, 2.24) is 14.6 Å². The molecule has 15 nitrogen and oxygen atoms in total. The summed E-state index contributed by atoms with van der Waals surface area (Å²) in [6.07, 6.45) is 2.15. The quantitative estimate of drug-likeness (QED) is 0.151. The van der Waals surface area contributed by atoms with Crippen LogP contribution >= 0.6 is 7.75 Å². The third-order valence-electron chi connectivity index (χ3n) is 5.74. The van der Waals surface area contributed by atoms with Gasteiger partial charge in [0.15, 0.2) is 12.3 Å². The molecule has 1 aromatic heterocycles.